The Morgan fingerprint density at radius 3 is 2.72 bits per heavy atom. The average Bonchev–Trinajstić information content (AvgIpc) is 3.48. The Hall–Kier alpha value is -3.98. The first kappa shape index (κ1) is 31.6. The SMILES string of the molecule is CN1CCC[C@H]1COc1nc2c(c(N3CCN(C(=O)/C=C/CF)[C@@H](CC#N)C3)n1)C1(COC1)CN(c1cccc3cccc(Cl)c13)C2. The summed E-state index contributed by atoms with van der Waals surface area (Å²) in [5.74, 6) is 0.489. The van der Waals surface area contributed by atoms with E-state index in [-0.39, 0.29) is 23.8 Å². The van der Waals surface area contributed by atoms with E-state index in [2.05, 4.69) is 52.1 Å². The van der Waals surface area contributed by atoms with E-state index >= 15 is 0 Å². The number of likely N-dealkylation sites (N-methyl/N-ethyl adjacent to an activating group) is 1. The summed E-state index contributed by atoms with van der Waals surface area (Å²) in [6.45, 7) is 4.39. The Morgan fingerprint density at radius 1 is 1.17 bits per heavy atom. The molecule has 7 rings (SSSR count). The van der Waals surface area contributed by atoms with Crippen LogP contribution >= 0.6 is 11.6 Å². The number of anilines is 2. The molecule has 4 aliphatic heterocycles. The molecule has 1 amide bonds. The first-order valence-electron chi connectivity index (χ1n) is 16.3. The fourth-order valence-corrected chi connectivity index (χ4v) is 7.90. The third-order valence-electron chi connectivity index (χ3n) is 10.1. The maximum atomic E-state index is 12.9. The van der Waals surface area contributed by atoms with E-state index in [0.717, 1.165) is 52.9 Å². The number of fused-ring (bicyclic) bond motifs is 3. The number of allylic oxidation sites excluding steroid dienone is 1. The van der Waals surface area contributed by atoms with E-state index in [1.165, 1.54) is 12.2 Å². The largest absolute Gasteiger partial charge is 0.462 e. The van der Waals surface area contributed by atoms with Crippen molar-refractivity contribution in [3.05, 3.63) is 64.8 Å². The number of nitriles is 1. The van der Waals surface area contributed by atoms with Crippen molar-refractivity contribution in [1.29, 1.82) is 5.26 Å². The Balaban J connectivity index is 1.28. The molecule has 3 fully saturated rings. The zero-order valence-electron chi connectivity index (χ0n) is 26.6. The van der Waals surface area contributed by atoms with Gasteiger partial charge in [0.2, 0.25) is 5.91 Å². The number of hydrogen-bond donors (Lipinski definition) is 0. The van der Waals surface area contributed by atoms with Crippen molar-refractivity contribution >= 4 is 39.8 Å². The summed E-state index contributed by atoms with van der Waals surface area (Å²) in [5, 5.41) is 12.5. The van der Waals surface area contributed by atoms with Gasteiger partial charge in [0.25, 0.3) is 0 Å². The van der Waals surface area contributed by atoms with Crippen molar-refractivity contribution in [2.24, 2.45) is 0 Å². The van der Waals surface area contributed by atoms with Crippen molar-refractivity contribution in [1.82, 2.24) is 19.8 Å². The number of carbonyl (C=O) groups is 1. The van der Waals surface area contributed by atoms with E-state index in [1.54, 1.807) is 4.90 Å². The number of alkyl halides is 1. The quantitative estimate of drug-likeness (QED) is 0.324. The first-order chi connectivity index (χ1) is 22.9. The van der Waals surface area contributed by atoms with Gasteiger partial charge >= 0.3 is 6.01 Å². The molecular formula is C35H39ClFN7O3. The molecule has 2 atom stereocenters. The van der Waals surface area contributed by atoms with Gasteiger partial charge in [0, 0.05) is 54.9 Å². The van der Waals surface area contributed by atoms with Crippen LogP contribution in [0.25, 0.3) is 10.8 Å². The van der Waals surface area contributed by atoms with Gasteiger partial charge in [-0.25, -0.2) is 4.39 Å². The van der Waals surface area contributed by atoms with E-state index in [9.17, 15) is 14.4 Å². The van der Waals surface area contributed by atoms with E-state index in [1.807, 2.05) is 12.1 Å². The lowest BCUT2D eigenvalue weighted by Crippen LogP contribution is -2.60. The maximum absolute atomic E-state index is 12.9. The molecule has 47 heavy (non-hydrogen) atoms. The number of nitrogens with zero attached hydrogens (tertiary/aromatic N) is 7. The Morgan fingerprint density at radius 2 is 2.00 bits per heavy atom. The fourth-order valence-electron chi connectivity index (χ4n) is 7.62. The molecule has 246 valence electrons. The van der Waals surface area contributed by atoms with Crippen LogP contribution in [0.3, 0.4) is 0 Å². The van der Waals surface area contributed by atoms with Gasteiger partial charge < -0.3 is 29.1 Å². The van der Waals surface area contributed by atoms with Crippen LogP contribution in [0.5, 0.6) is 6.01 Å². The molecule has 2 aromatic carbocycles. The van der Waals surface area contributed by atoms with Crippen molar-refractivity contribution in [3.8, 4) is 12.1 Å². The lowest BCUT2D eigenvalue weighted by atomic mass is 9.74. The minimum atomic E-state index is -0.715. The molecule has 4 aliphatic rings. The van der Waals surface area contributed by atoms with Gasteiger partial charge in [-0.1, -0.05) is 35.9 Å². The van der Waals surface area contributed by atoms with Crippen LogP contribution in [0.15, 0.2) is 48.6 Å². The summed E-state index contributed by atoms with van der Waals surface area (Å²) >= 11 is 6.79. The molecule has 0 saturated carbocycles. The number of likely N-dealkylation sites (tertiary alicyclic amines) is 1. The Bertz CT molecular complexity index is 1720. The number of carbonyl (C=O) groups excluding carboxylic acids is 1. The van der Waals surface area contributed by atoms with Crippen LogP contribution in [0.2, 0.25) is 5.02 Å². The van der Waals surface area contributed by atoms with Crippen molar-refractivity contribution in [2.75, 3.05) is 76.1 Å². The van der Waals surface area contributed by atoms with E-state index in [4.69, 9.17) is 31.0 Å². The number of benzene rings is 2. The average molecular weight is 660 g/mol. The second-order valence-electron chi connectivity index (χ2n) is 13.0. The first-order valence-corrected chi connectivity index (χ1v) is 16.7. The number of ether oxygens (including phenoxy) is 2. The summed E-state index contributed by atoms with van der Waals surface area (Å²) in [6, 6.07) is 14.7. The lowest BCUT2D eigenvalue weighted by Gasteiger charge is -2.51. The highest BCUT2D eigenvalue weighted by molar-refractivity contribution is 6.36. The van der Waals surface area contributed by atoms with Crippen LogP contribution in [0, 0.1) is 11.3 Å². The third-order valence-corrected chi connectivity index (χ3v) is 10.4. The second kappa shape index (κ2) is 13.3. The predicted molar refractivity (Wildman–Crippen MR) is 179 cm³/mol. The number of aromatic nitrogens is 2. The highest BCUT2D eigenvalue weighted by Crippen LogP contribution is 2.47. The smallest absolute Gasteiger partial charge is 0.318 e. The molecule has 0 bridgehead atoms. The Labute approximate surface area is 279 Å². The molecule has 0 radical (unpaired) electrons. The number of hydrogen-bond acceptors (Lipinski definition) is 9. The van der Waals surface area contributed by atoms with Crippen molar-refractivity contribution < 1.29 is 18.7 Å². The van der Waals surface area contributed by atoms with Gasteiger partial charge in [-0.15, -0.1) is 0 Å². The van der Waals surface area contributed by atoms with Gasteiger partial charge in [-0.05, 0) is 50.0 Å². The summed E-state index contributed by atoms with van der Waals surface area (Å²) in [7, 11) is 2.12. The molecule has 10 nitrogen and oxygen atoms in total. The molecule has 1 aromatic heterocycles. The van der Waals surface area contributed by atoms with Crippen LogP contribution in [-0.2, 0) is 21.5 Å². The zero-order valence-corrected chi connectivity index (χ0v) is 27.3. The monoisotopic (exact) mass is 659 g/mol. The standard InChI is InChI=1S/C35H39ClFN7O3/c1-41-15-5-8-26(41)20-47-34-39-28-19-43(29-10-3-7-24-6-2-9-27(36)31(24)29)21-35(22-46-23-35)32(28)33(40-34)42-16-17-44(25(18-42)12-14-38)30(45)11-4-13-37/h2-4,6-7,9-11,25-26H,5,8,12-13,15-23H2,1H3/b11-4+/t25-,26-/m0/s1. The molecule has 5 heterocycles. The van der Waals surface area contributed by atoms with Gasteiger partial charge in [-0.2, -0.15) is 15.2 Å². The van der Waals surface area contributed by atoms with Gasteiger partial charge in [0.15, 0.2) is 0 Å². The zero-order chi connectivity index (χ0) is 32.5. The van der Waals surface area contributed by atoms with Crippen LogP contribution < -0.4 is 14.5 Å². The summed E-state index contributed by atoms with van der Waals surface area (Å²) in [4.78, 5) is 31.6. The molecule has 0 aliphatic carbocycles. The number of halogens is 2. The molecule has 0 unspecified atom stereocenters. The van der Waals surface area contributed by atoms with Crippen LogP contribution in [-0.4, -0.2) is 104 Å². The molecule has 0 N–H and O–H groups in total. The molecular weight excluding hydrogens is 621 g/mol. The number of piperazine rings is 1. The minimum Gasteiger partial charge on any atom is -0.462 e. The van der Waals surface area contributed by atoms with Crippen LogP contribution in [0.4, 0.5) is 15.9 Å². The van der Waals surface area contributed by atoms with Gasteiger partial charge in [0.1, 0.15) is 19.1 Å². The molecule has 3 saturated heterocycles. The normalized spacial score (nSPS) is 22.5. The predicted octanol–water partition coefficient (Wildman–Crippen LogP) is 4.50. The topological polar surface area (TPSA) is 98.1 Å². The van der Waals surface area contributed by atoms with Crippen LogP contribution in [0.1, 0.15) is 30.5 Å². The van der Waals surface area contributed by atoms with Crippen molar-refractivity contribution in [3.63, 3.8) is 0 Å². The second-order valence-corrected chi connectivity index (χ2v) is 13.4. The lowest BCUT2D eigenvalue weighted by molar-refractivity contribution is -0.128. The summed E-state index contributed by atoms with van der Waals surface area (Å²) in [5.41, 5.74) is 2.61. The number of rotatable bonds is 8. The molecule has 1 spiro atoms. The summed E-state index contributed by atoms with van der Waals surface area (Å²) < 4.78 is 25.1. The Kier molecular flexibility index (Phi) is 8.92. The van der Waals surface area contributed by atoms with Gasteiger partial charge in [-0.3, -0.25) is 4.79 Å². The van der Waals surface area contributed by atoms with E-state index in [0.29, 0.717) is 69.6 Å². The highest BCUT2D eigenvalue weighted by Gasteiger charge is 2.50. The minimum absolute atomic E-state index is 0.153. The van der Waals surface area contributed by atoms with E-state index < -0.39 is 6.67 Å². The highest BCUT2D eigenvalue weighted by atomic mass is 35.5. The fraction of sp³-hybridized carbons (Fsp3) is 0.486. The maximum Gasteiger partial charge on any atom is 0.318 e. The molecule has 3 aromatic rings. The summed E-state index contributed by atoms with van der Waals surface area (Å²) in [6.07, 6.45) is 4.82. The van der Waals surface area contributed by atoms with Gasteiger partial charge in [0.05, 0.1) is 54.4 Å². The third kappa shape index (κ3) is 5.99. The number of amides is 1. The van der Waals surface area contributed by atoms with Crippen molar-refractivity contribution in [2.45, 2.75) is 43.3 Å². The molecule has 12 heteroatoms.